The number of halogens is 2. The van der Waals surface area contributed by atoms with E-state index in [1.54, 1.807) is 26.4 Å². The number of methoxy groups -OCH3 is 1. The zero-order valence-corrected chi connectivity index (χ0v) is 9.45. The molecule has 0 fully saturated rings. The monoisotopic (exact) mass is 235 g/mol. The third-order valence-corrected chi connectivity index (χ3v) is 2.38. The van der Waals surface area contributed by atoms with Crippen LogP contribution in [0.15, 0.2) is 12.1 Å². The second-order valence-corrected chi connectivity index (χ2v) is 3.42. The lowest BCUT2D eigenvalue weighted by Crippen LogP contribution is -2.11. The van der Waals surface area contributed by atoms with Crippen molar-refractivity contribution in [1.82, 2.24) is 5.48 Å². The molecule has 0 aliphatic rings. The molecule has 0 amide bonds. The van der Waals surface area contributed by atoms with Gasteiger partial charge in [-0.2, -0.15) is 5.48 Å². The summed E-state index contributed by atoms with van der Waals surface area (Å²) in [4.78, 5) is 4.71. The molecule has 0 saturated heterocycles. The smallest absolute Gasteiger partial charge is 0.138 e. The summed E-state index contributed by atoms with van der Waals surface area (Å²) in [5.41, 5.74) is 3.55. The van der Waals surface area contributed by atoms with Gasteiger partial charge < -0.3 is 9.57 Å². The van der Waals surface area contributed by atoms with Gasteiger partial charge in [-0.3, -0.25) is 0 Å². The fourth-order valence-electron chi connectivity index (χ4n) is 1.01. The molecule has 1 rings (SSSR count). The number of ether oxygens (including phenoxy) is 1. The molecule has 14 heavy (non-hydrogen) atoms. The molecule has 0 aromatic heterocycles. The fraction of sp³-hybridized carbons (Fsp3) is 0.333. The quantitative estimate of drug-likeness (QED) is 0.815. The number of hydroxylamine groups is 1. The molecule has 78 valence electrons. The van der Waals surface area contributed by atoms with Crippen LogP contribution in [-0.4, -0.2) is 14.2 Å². The predicted molar refractivity (Wildman–Crippen MR) is 56.9 cm³/mol. The van der Waals surface area contributed by atoms with Crippen LogP contribution in [-0.2, 0) is 11.4 Å². The highest BCUT2D eigenvalue weighted by Gasteiger charge is 2.07. The van der Waals surface area contributed by atoms with E-state index in [-0.39, 0.29) is 0 Å². The van der Waals surface area contributed by atoms with Gasteiger partial charge in [0.1, 0.15) is 5.75 Å². The van der Waals surface area contributed by atoms with Crippen molar-refractivity contribution in [1.29, 1.82) is 0 Å². The average Bonchev–Trinajstić information content (AvgIpc) is 2.18. The Hall–Kier alpha value is -0.480. The maximum atomic E-state index is 5.98. The summed E-state index contributed by atoms with van der Waals surface area (Å²) in [6, 6.07) is 3.42. The fourth-order valence-corrected chi connectivity index (χ4v) is 1.50. The van der Waals surface area contributed by atoms with Crippen molar-refractivity contribution in [2.75, 3.05) is 14.2 Å². The summed E-state index contributed by atoms with van der Waals surface area (Å²) in [6.07, 6.45) is 0. The van der Waals surface area contributed by atoms with Gasteiger partial charge >= 0.3 is 0 Å². The van der Waals surface area contributed by atoms with Crippen LogP contribution in [0.1, 0.15) is 5.56 Å². The second-order valence-electron chi connectivity index (χ2n) is 2.60. The Labute approximate surface area is 92.9 Å². The molecule has 0 heterocycles. The Bertz CT molecular complexity index is 318. The molecular formula is C9H11Cl2NO2. The van der Waals surface area contributed by atoms with Crippen LogP contribution in [0.25, 0.3) is 0 Å². The van der Waals surface area contributed by atoms with Crippen LogP contribution < -0.4 is 10.2 Å². The van der Waals surface area contributed by atoms with Crippen molar-refractivity contribution in [2.45, 2.75) is 6.54 Å². The number of nitrogens with one attached hydrogen (secondary N) is 1. The third kappa shape index (κ3) is 2.75. The first kappa shape index (κ1) is 11.6. The Kier molecular flexibility index (Phi) is 4.48. The van der Waals surface area contributed by atoms with Crippen LogP contribution in [0, 0.1) is 0 Å². The minimum Gasteiger partial charge on any atom is -0.495 e. The van der Waals surface area contributed by atoms with Gasteiger partial charge in [0.2, 0.25) is 0 Å². The minimum atomic E-state index is 0.499. The highest BCUT2D eigenvalue weighted by molar-refractivity contribution is 6.34. The molecule has 0 unspecified atom stereocenters. The Morgan fingerprint density at radius 2 is 1.93 bits per heavy atom. The zero-order chi connectivity index (χ0) is 10.6. The lowest BCUT2D eigenvalue weighted by molar-refractivity contribution is 0.0867. The van der Waals surface area contributed by atoms with E-state index in [0.717, 1.165) is 5.56 Å². The molecule has 0 bridgehead atoms. The molecule has 5 heteroatoms. The number of hydrogen-bond acceptors (Lipinski definition) is 3. The molecule has 1 aromatic carbocycles. The average molecular weight is 236 g/mol. The van der Waals surface area contributed by atoms with Crippen molar-refractivity contribution < 1.29 is 9.57 Å². The van der Waals surface area contributed by atoms with Gasteiger partial charge in [-0.15, -0.1) is 0 Å². The van der Waals surface area contributed by atoms with E-state index in [4.69, 9.17) is 32.8 Å². The Balaban J connectivity index is 2.90. The van der Waals surface area contributed by atoms with Crippen LogP contribution in [0.4, 0.5) is 0 Å². The summed E-state index contributed by atoms with van der Waals surface area (Å²) in [5, 5.41) is 1.13. The first-order valence-corrected chi connectivity index (χ1v) is 4.72. The van der Waals surface area contributed by atoms with E-state index >= 15 is 0 Å². The van der Waals surface area contributed by atoms with Gasteiger partial charge in [-0.05, 0) is 11.6 Å². The molecular weight excluding hydrogens is 225 g/mol. The van der Waals surface area contributed by atoms with E-state index in [1.165, 1.54) is 0 Å². The highest BCUT2D eigenvalue weighted by Crippen LogP contribution is 2.30. The van der Waals surface area contributed by atoms with Crippen LogP contribution in [0.2, 0.25) is 10.0 Å². The van der Waals surface area contributed by atoms with Crippen LogP contribution >= 0.6 is 23.2 Å². The van der Waals surface area contributed by atoms with Crippen LogP contribution in [0.5, 0.6) is 5.75 Å². The number of benzene rings is 1. The van der Waals surface area contributed by atoms with Crippen molar-refractivity contribution in [3.8, 4) is 5.75 Å². The van der Waals surface area contributed by atoms with E-state index in [2.05, 4.69) is 5.48 Å². The second kappa shape index (κ2) is 5.41. The Morgan fingerprint density at radius 1 is 1.21 bits per heavy atom. The van der Waals surface area contributed by atoms with Crippen LogP contribution in [0.3, 0.4) is 0 Å². The number of hydrogen-bond donors (Lipinski definition) is 1. The summed E-state index contributed by atoms with van der Waals surface area (Å²) in [6.45, 7) is 0.499. The Morgan fingerprint density at radius 3 is 2.50 bits per heavy atom. The first-order chi connectivity index (χ1) is 6.69. The lowest BCUT2D eigenvalue weighted by Gasteiger charge is -2.08. The first-order valence-electron chi connectivity index (χ1n) is 3.96. The molecule has 3 nitrogen and oxygen atoms in total. The summed E-state index contributed by atoms with van der Waals surface area (Å²) in [5.74, 6) is 0.567. The van der Waals surface area contributed by atoms with E-state index in [1.807, 2.05) is 0 Å². The number of rotatable bonds is 4. The topological polar surface area (TPSA) is 30.5 Å². The maximum absolute atomic E-state index is 5.98. The van der Waals surface area contributed by atoms with Gasteiger partial charge in [0, 0.05) is 17.6 Å². The molecule has 1 N–H and O–H groups in total. The molecule has 0 saturated carbocycles. The summed E-state index contributed by atoms with van der Waals surface area (Å²) in [7, 11) is 3.09. The van der Waals surface area contributed by atoms with Gasteiger partial charge in [0.25, 0.3) is 0 Å². The van der Waals surface area contributed by atoms with E-state index in [9.17, 15) is 0 Å². The van der Waals surface area contributed by atoms with Gasteiger partial charge in [-0.25, -0.2) is 0 Å². The van der Waals surface area contributed by atoms with Crippen molar-refractivity contribution in [3.63, 3.8) is 0 Å². The van der Waals surface area contributed by atoms with Crippen molar-refractivity contribution in [2.24, 2.45) is 0 Å². The molecule has 0 aliphatic heterocycles. The van der Waals surface area contributed by atoms with E-state index < -0.39 is 0 Å². The summed E-state index contributed by atoms with van der Waals surface area (Å²) < 4.78 is 5.02. The molecule has 1 aromatic rings. The highest BCUT2D eigenvalue weighted by atomic mass is 35.5. The predicted octanol–water partition coefficient (Wildman–Crippen LogP) is 2.65. The largest absolute Gasteiger partial charge is 0.495 e. The van der Waals surface area contributed by atoms with Crippen molar-refractivity contribution >= 4 is 23.2 Å². The van der Waals surface area contributed by atoms with Gasteiger partial charge in [-0.1, -0.05) is 23.2 Å². The molecule has 0 aliphatic carbocycles. The normalized spacial score (nSPS) is 10.3. The summed E-state index contributed by atoms with van der Waals surface area (Å²) >= 11 is 11.9. The van der Waals surface area contributed by atoms with Crippen molar-refractivity contribution in [3.05, 3.63) is 27.7 Å². The van der Waals surface area contributed by atoms with E-state index in [0.29, 0.717) is 22.3 Å². The molecule has 0 atom stereocenters. The third-order valence-electron chi connectivity index (χ3n) is 1.73. The standard InChI is InChI=1S/C9H11Cl2NO2/c1-13-9-4-7(10)6(3-8(9)11)5-12-14-2/h3-4,12H,5H2,1-2H3. The molecule has 0 radical (unpaired) electrons. The lowest BCUT2D eigenvalue weighted by atomic mass is 10.2. The SMILES string of the molecule is CONCc1cc(Cl)c(OC)cc1Cl. The maximum Gasteiger partial charge on any atom is 0.138 e. The zero-order valence-electron chi connectivity index (χ0n) is 7.93. The van der Waals surface area contributed by atoms with Gasteiger partial charge in [0.15, 0.2) is 0 Å². The van der Waals surface area contributed by atoms with Gasteiger partial charge in [0.05, 0.1) is 19.2 Å². The molecule has 0 spiro atoms. The minimum absolute atomic E-state index is 0.499.